The van der Waals surface area contributed by atoms with E-state index in [0.29, 0.717) is 12.0 Å². The molecule has 2 N–H and O–H groups in total. The van der Waals surface area contributed by atoms with Crippen LogP contribution in [-0.2, 0) is 13.0 Å². The number of methoxy groups -OCH3 is 1. The van der Waals surface area contributed by atoms with E-state index in [1.807, 2.05) is 24.4 Å². The van der Waals surface area contributed by atoms with E-state index in [4.69, 9.17) is 9.72 Å². The number of anilines is 1. The van der Waals surface area contributed by atoms with E-state index in [1.165, 1.54) is 24.0 Å². The van der Waals surface area contributed by atoms with Crippen molar-refractivity contribution < 1.29 is 4.74 Å². The fourth-order valence-corrected chi connectivity index (χ4v) is 4.49. The number of aromatic nitrogens is 2. The van der Waals surface area contributed by atoms with Crippen molar-refractivity contribution in [3.63, 3.8) is 0 Å². The standard InChI is InChI=1S/C27H35N5O/c1-3-32(24-11-14-28-15-12-24)20-22-7-4-8-23(18-22)26-13-17-30-27(31-26)29-16-10-21-6-5-9-25(19-21)33-2/h4-9,13,17-19,24,28H,3,10-12,14-16,20H2,1-2H3,(H,29,30,31). The van der Waals surface area contributed by atoms with E-state index in [2.05, 4.69) is 63.8 Å². The molecule has 0 amide bonds. The second kappa shape index (κ2) is 11.8. The highest BCUT2D eigenvalue weighted by Gasteiger charge is 2.19. The first-order chi connectivity index (χ1) is 16.2. The van der Waals surface area contributed by atoms with Gasteiger partial charge in [0.15, 0.2) is 0 Å². The molecule has 0 spiro atoms. The van der Waals surface area contributed by atoms with Crippen molar-refractivity contribution in [2.24, 2.45) is 0 Å². The van der Waals surface area contributed by atoms with Crippen LogP contribution in [0.2, 0.25) is 0 Å². The number of nitrogens with zero attached hydrogens (tertiary/aromatic N) is 3. The van der Waals surface area contributed by atoms with Gasteiger partial charge in [-0.3, -0.25) is 4.90 Å². The van der Waals surface area contributed by atoms with Gasteiger partial charge in [0.25, 0.3) is 0 Å². The molecule has 1 saturated heterocycles. The SMILES string of the molecule is CCN(Cc1cccc(-c2ccnc(NCCc3cccc(OC)c3)n2)c1)C1CCNCC1. The predicted molar refractivity (Wildman–Crippen MR) is 135 cm³/mol. The minimum absolute atomic E-state index is 0.658. The molecular formula is C27H35N5O. The summed E-state index contributed by atoms with van der Waals surface area (Å²) in [7, 11) is 1.69. The molecule has 0 saturated carbocycles. The highest BCUT2D eigenvalue weighted by molar-refractivity contribution is 5.61. The quantitative estimate of drug-likeness (QED) is 0.483. The molecule has 33 heavy (non-hydrogen) atoms. The molecule has 6 nitrogen and oxygen atoms in total. The van der Waals surface area contributed by atoms with Gasteiger partial charge in [0.2, 0.25) is 5.95 Å². The molecule has 1 aliphatic rings. The highest BCUT2D eigenvalue weighted by Crippen LogP contribution is 2.22. The lowest BCUT2D eigenvalue weighted by Crippen LogP contribution is -2.42. The van der Waals surface area contributed by atoms with E-state index in [9.17, 15) is 0 Å². The molecule has 1 aliphatic heterocycles. The van der Waals surface area contributed by atoms with Crippen LogP contribution in [0.4, 0.5) is 5.95 Å². The molecule has 1 aromatic heterocycles. The predicted octanol–water partition coefficient (Wildman–Crippen LogP) is 4.38. The van der Waals surface area contributed by atoms with Crippen LogP contribution in [0.3, 0.4) is 0 Å². The summed E-state index contributed by atoms with van der Waals surface area (Å²) in [5.41, 5.74) is 4.63. The summed E-state index contributed by atoms with van der Waals surface area (Å²) >= 11 is 0. The molecule has 3 aromatic rings. The van der Waals surface area contributed by atoms with Gasteiger partial charge in [-0.1, -0.05) is 37.3 Å². The molecule has 0 radical (unpaired) electrons. The van der Waals surface area contributed by atoms with Crippen LogP contribution < -0.4 is 15.4 Å². The summed E-state index contributed by atoms with van der Waals surface area (Å²) in [6, 6.07) is 19.6. The van der Waals surface area contributed by atoms with E-state index >= 15 is 0 Å². The van der Waals surface area contributed by atoms with Crippen molar-refractivity contribution >= 4 is 5.95 Å². The lowest BCUT2D eigenvalue weighted by Gasteiger charge is -2.34. The van der Waals surface area contributed by atoms with Gasteiger partial charge in [0.1, 0.15) is 5.75 Å². The van der Waals surface area contributed by atoms with Crippen LogP contribution in [-0.4, -0.2) is 54.2 Å². The molecule has 0 unspecified atom stereocenters. The normalized spacial score (nSPS) is 14.4. The lowest BCUT2D eigenvalue weighted by atomic mass is 10.0. The molecule has 4 rings (SSSR count). The molecular weight excluding hydrogens is 410 g/mol. The largest absolute Gasteiger partial charge is 0.497 e. The zero-order valence-corrected chi connectivity index (χ0v) is 19.8. The molecule has 174 valence electrons. The fraction of sp³-hybridized carbons (Fsp3) is 0.407. The van der Waals surface area contributed by atoms with Crippen molar-refractivity contribution in [1.82, 2.24) is 20.2 Å². The molecule has 0 atom stereocenters. The van der Waals surface area contributed by atoms with E-state index in [1.54, 1.807) is 7.11 Å². The Hall–Kier alpha value is -2.96. The smallest absolute Gasteiger partial charge is 0.223 e. The molecule has 0 aliphatic carbocycles. The topological polar surface area (TPSA) is 62.3 Å². The van der Waals surface area contributed by atoms with Gasteiger partial charge >= 0.3 is 0 Å². The summed E-state index contributed by atoms with van der Waals surface area (Å²) in [6.07, 6.45) is 5.16. The summed E-state index contributed by atoms with van der Waals surface area (Å²) in [4.78, 5) is 11.8. The number of hydrogen-bond acceptors (Lipinski definition) is 6. The maximum absolute atomic E-state index is 5.31. The van der Waals surface area contributed by atoms with Gasteiger partial charge < -0.3 is 15.4 Å². The number of rotatable bonds is 10. The van der Waals surface area contributed by atoms with Crippen molar-refractivity contribution in [2.75, 3.05) is 38.6 Å². The van der Waals surface area contributed by atoms with Gasteiger partial charge in [0, 0.05) is 30.9 Å². The number of nitrogens with one attached hydrogen (secondary N) is 2. The van der Waals surface area contributed by atoms with Crippen LogP contribution in [0.1, 0.15) is 30.9 Å². The Morgan fingerprint density at radius 3 is 2.70 bits per heavy atom. The van der Waals surface area contributed by atoms with Crippen molar-refractivity contribution in [1.29, 1.82) is 0 Å². The van der Waals surface area contributed by atoms with Gasteiger partial charge in [0.05, 0.1) is 12.8 Å². The number of hydrogen-bond donors (Lipinski definition) is 2. The first-order valence-electron chi connectivity index (χ1n) is 12.0. The molecule has 6 heteroatoms. The number of benzene rings is 2. The first kappa shape index (κ1) is 23.2. The minimum atomic E-state index is 0.658. The minimum Gasteiger partial charge on any atom is -0.497 e. The Bertz CT molecular complexity index is 1020. The third-order valence-corrected chi connectivity index (χ3v) is 6.33. The Balaban J connectivity index is 1.39. The second-order valence-corrected chi connectivity index (χ2v) is 8.54. The molecule has 1 fully saturated rings. The Labute approximate surface area is 197 Å². The monoisotopic (exact) mass is 445 g/mol. The van der Waals surface area contributed by atoms with Crippen LogP contribution in [0.15, 0.2) is 60.8 Å². The zero-order chi connectivity index (χ0) is 22.9. The summed E-state index contributed by atoms with van der Waals surface area (Å²) in [6.45, 7) is 7.32. The number of ether oxygens (including phenoxy) is 1. The van der Waals surface area contributed by atoms with Gasteiger partial charge in [-0.25, -0.2) is 9.97 Å². The molecule has 2 heterocycles. The van der Waals surface area contributed by atoms with Gasteiger partial charge in [-0.15, -0.1) is 0 Å². The van der Waals surface area contributed by atoms with Gasteiger partial charge in [-0.05, 0) is 74.3 Å². The average molecular weight is 446 g/mol. The Kier molecular flexibility index (Phi) is 8.28. The summed E-state index contributed by atoms with van der Waals surface area (Å²) in [5.74, 6) is 1.54. The average Bonchev–Trinajstić information content (AvgIpc) is 2.88. The summed E-state index contributed by atoms with van der Waals surface area (Å²) in [5, 5.41) is 6.83. The van der Waals surface area contributed by atoms with E-state index < -0.39 is 0 Å². The highest BCUT2D eigenvalue weighted by atomic mass is 16.5. The van der Waals surface area contributed by atoms with Gasteiger partial charge in [-0.2, -0.15) is 0 Å². The maximum Gasteiger partial charge on any atom is 0.223 e. The Morgan fingerprint density at radius 1 is 1.06 bits per heavy atom. The lowest BCUT2D eigenvalue weighted by molar-refractivity contribution is 0.162. The fourth-order valence-electron chi connectivity index (χ4n) is 4.49. The van der Waals surface area contributed by atoms with Crippen molar-refractivity contribution in [3.05, 3.63) is 71.9 Å². The van der Waals surface area contributed by atoms with Crippen molar-refractivity contribution in [3.8, 4) is 17.0 Å². The molecule has 2 aromatic carbocycles. The maximum atomic E-state index is 5.31. The van der Waals surface area contributed by atoms with Crippen LogP contribution >= 0.6 is 0 Å². The Morgan fingerprint density at radius 2 is 1.88 bits per heavy atom. The van der Waals surface area contributed by atoms with Crippen LogP contribution in [0, 0.1) is 0 Å². The number of piperidine rings is 1. The van der Waals surface area contributed by atoms with Crippen LogP contribution in [0.5, 0.6) is 5.75 Å². The molecule has 0 bridgehead atoms. The van der Waals surface area contributed by atoms with E-state index in [0.717, 1.165) is 56.2 Å². The third-order valence-electron chi connectivity index (χ3n) is 6.33. The third kappa shape index (κ3) is 6.53. The first-order valence-corrected chi connectivity index (χ1v) is 12.0. The van der Waals surface area contributed by atoms with E-state index in [-0.39, 0.29) is 0 Å². The van der Waals surface area contributed by atoms with Crippen molar-refractivity contribution in [2.45, 2.75) is 38.8 Å². The zero-order valence-electron chi connectivity index (χ0n) is 19.8. The summed E-state index contributed by atoms with van der Waals surface area (Å²) < 4.78 is 5.31. The second-order valence-electron chi connectivity index (χ2n) is 8.54. The van der Waals surface area contributed by atoms with Crippen LogP contribution in [0.25, 0.3) is 11.3 Å².